The number of likely N-dealkylation sites (tertiary alicyclic amines) is 1. The molecule has 1 aliphatic rings. The number of halogens is 1. The van der Waals surface area contributed by atoms with E-state index >= 15 is 0 Å². The minimum atomic E-state index is -0.0409. The first-order valence-electron chi connectivity index (χ1n) is 11.1. The summed E-state index contributed by atoms with van der Waals surface area (Å²) in [5.41, 5.74) is 2.18. The molecule has 0 radical (unpaired) electrons. The van der Waals surface area contributed by atoms with Gasteiger partial charge < -0.3 is 14.9 Å². The van der Waals surface area contributed by atoms with Gasteiger partial charge in [0.2, 0.25) is 5.91 Å². The van der Waals surface area contributed by atoms with Crippen molar-refractivity contribution in [1.82, 2.24) is 25.1 Å². The van der Waals surface area contributed by atoms with Gasteiger partial charge in [0.25, 0.3) is 0 Å². The number of hydrogen-bond acceptors (Lipinski definition) is 7. The number of aryl methyl sites for hydroxylation is 1. The van der Waals surface area contributed by atoms with Crippen LogP contribution in [-0.4, -0.2) is 63.2 Å². The zero-order valence-electron chi connectivity index (χ0n) is 20.7. The zero-order chi connectivity index (χ0) is 25.9. The summed E-state index contributed by atoms with van der Waals surface area (Å²) in [5, 5.41) is 11.0. The second-order valence-corrected chi connectivity index (χ2v) is 7.50. The second-order valence-electron chi connectivity index (χ2n) is 6.69. The average Bonchev–Trinajstić information content (AvgIpc) is 3.43. The van der Waals surface area contributed by atoms with Gasteiger partial charge in [-0.2, -0.15) is 5.10 Å². The van der Waals surface area contributed by atoms with Gasteiger partial charge in [-0.05, 0) is 69.2 Å². The Balaban J connectivity index is 0.000000516. The highest BCUT2D eigenvalue weighted by Crippen LogP contribution is 2.17. The number of aldehydes is 2. The number of para-hydroxylation sites is 1. The third-order valence-corrected chi connectivity index (χ3v) is 4.71. The number of likely N-dealkylation sites (N-methyl/N-ethyl adjacent to an activating group) is 1. The number of aromatic amines is 1. The molecule has 2 aromatic heterocycles. The first-order valence-corrected chi connectivity index (χ1v) is 11.8. The van der Waals surface area contributed by atoms with E-state index in [-0.39, 0.29) is 11.9 Å². The van der Waals surface area contributed by atoms with Gasteiger partial charge in [0.15, 0.2) is 5.82 Å². The highest BCUT2D eigenvalue weighted by atomic mass is 79.9. The van der Waals surface area contributed by atoms with Gasteiger partial charge in [-0.15, -0.1) is 0 Å². The quantitative estimate of drug-likeness (QED) is 0.461. The molecule has 0 saturated carbocycles. The van der Waals surface area contributed by atoms with Gasteiger partial charge >= 0.3 is 0 Å². The van der Waals surface area contributed by atoms with Crippen LogP contribution in [-0.2, 0) is 14.4 Å². The van der Waals surface area contributed by atoms with E-state index in [0.29, 0.717) is 10.4 Å². The lowest BCUT2D eigenvalue weighted by atomic mass is 10.2. The Hall–Kier alpha value is -2.98. The summed E-state index contributed by atoms with van der Waals surface area (Å²) < 4.78 is 0.616. The Morgan fingerprint density at radius 3 is 2.32 bits per heavy atom. The van der Waals surface area contributed by atoms with Crippen molar-refractivity contribution in [2.75, 3.05) is 18.9 Å². The number of carbonyl (C=O) groups is 3. The molecule has 1 aromatic carbocycles. The number of fused-ring (bicyclic) bond motifs is 1. The molecule has 2 N–H and O–H groups in total. The monoisotopic (exact) mass is 534 g/mol. The first kappa shape index (κ1) is 31.0. The maximum Gasteiger partial charge on any atom is 0.242 e. The molecule has 1 saturated heterocycles. The molecule has 4 rings (SSSR count). The smallest absolute Gasteiger partial charge is 0.242 e. The summed E-state index contributed by atoms with van der Waals surface area (Å²) >= 11 is 3.21. The van der Waals surface area contributed by atoms with Crippen molar-refractivity contribution in [1.29, 1.82) is 0 Å². The molecule has 0 spiro atoms. The Morgan fingerprint density at radius 2 is 1.79 bits per heavy atom. The van der Waals surface area contributed by atoms with E-state index in [2.05, 4.69) is 52.4 Å². The van der Waals surface area contributed by atoms with Gasteiger partial charge in [-0.25, -0.2) is 4.98 Å². The van der Waals surface area contributed by atoms with Crippen LogP contribution in [0.1, 0.15) is 46.2 Å². The Bertz CT molecular complexity index is 990. The maximum absolute atomic E-state index is 11.9. The number of amides is 1. The molecule has 1 aliphatic heterocycles. The fourth-order valence-electron chi connectivity index (χ4n) is 2.95. The van der Waals surface area contributed by atoms with Crippen molar-refractivity contribution in [3.63, 3.8) is 0 Å². The van der Waals surface area contributed by atoms with E-state index in [1.165, 1.54) is 25.4 Å². The molecular weight excluding hydrogens is 500 g/mol. The minimum Gasteiger partial charge on any atom is -0.308 e. The highest BCUT2D eigenvalue weighted by Gasteiger charge is 2.27. The van der Waals surface area contributed by atoms with Crippen LogP contribution in [0.15, 0.2) is 41.3 Å². The first-order chi connectivity index (χ1) is 16.4. The van der Waals surface area contributed by atoms with Crippen LogP contribution < -0.4 is 5.32 Å². The Labute approximate surface area is 209 Å². The van der Waals surface area contributed by atoms with Crippen LogP contribution in [0.2, 0.25) is 0 Å². The topological polar surface area (TPSA) is 121 Å². The lowest BCUT2D eigenvalue weighted by molar-refractivity contribution is -0.120. The molecule has 0 aliphatic carbocycles. The predicted octanol–water partition coefficient (Wildman–Crippen LogP) is 4.58. The summed E-state index contributed by atoms with van der Waals surface area (Å²) in [6.45, 7) is 9.89. The molecule has 3 aromatic rings. The molecule has 9 nitrogen and oxygen atoms in total. The van der Waals surface area contributed by atoms with Crippen molar-refractivity contribution in [2.24, 2.45) is 0 Å². The lowest BCUT2D eigenvalue weighted by Gasteiger charge is -2.18. The van der Waals surface area contributed by atoms with E-state index in [0.717, 1.165) is 43.2 Å². The standard InChI is InChI=1S/C10H13BrN4O.C8H8N2.2C2H4O.C2H6/c1-15-4-2-3-7(15)10(16)14-9-6-12-5-8(11)13-9;1-6-7-4-2-3-5-8(7)10-9-6;2*1-2-3;1-2/h5-7H,2-4H2,1H3,(H,13,14,16);2-5H,1H3,(H,9,10);2*2H,1H3;1-2H3. The number of hydrogen-bond donors (Lipinski definition) is 2. The summed E-state index contributed by atoms with van der Waals surface area (Å²) in [7, 11) is 1.96. The van der Waals surface area contributed by atoms with E-state index in [4.69, 9.17) is 9.59 Å². The number of H-pyrrole nitrogens is 1. The van der Waals surface area contributed by atoms with Crippen LogP contribution in [0.5, 0.6) is 0 Å². The van der Waals surface area contributed by atoms with Gasteiger partial charge in [0, 0.05) is 11.1 Å². The van der Waals surface area contributed by atoms with Crippen molar-refractivity contribution in [3.8, 4) is 0 Å². The number of anilines is 1. The normalized spacial score (nSPS) is 13.9. The number of nitrogens with one attached hydrogen (secondary N) is 2. The molecule has 1 fully saturated rings. The van der Waals surface area contributed by atoms with Crippen molar-refractivity contribution < 1.29 is 14.4 Å². The van der Waals surface area contributed by atoms with Gasteiger partial charge in [0.05, 0.1) is 24.0 Å². The van der Waals surface area contributed by atoms with E-state index < -0.39 is 0 Å². The molecule has 3 heterocycles. The SMILES string of the molecule is CC.CC=O.CC=O.CN1CCCC1C(=O)Nc1cncc(Br)n1.Cc1[nH]nc2ccccc12. The number of aromatic nitrogens is 4. The molecule has 34 heavy (non-hydrogen) atoms. The lowest BCUT2D eigenvalue weighted by Crippen LogP contribution is -2.37. The predicted molar refractivity (Wildman–Crippen MR) is 140 cm³/mol. The molecule has 186 valence electrons. The molecule has 0 bridgehead atoms. The van der Waals surface area contributed by atoms with Gasteiger partial charge in [-0.1, -0.05) is 32.0 Å². The summed E-state index contributed by atoms with van der Waals surface area (Å²) in [6, 6.07) is 8.03. The van der Waals surface area contributed by atoms with Crippen molar-refractivity contribution >= 4 is 51.1 Å². The molecule has 1 amide bonds. The molecule has 10 heteroatoms. The maximum atomic E-state index is 11.9. The fourth-order valence-corrected chi connectivity index (χ4v) is 3.26. The van der Waals surface area contributed by atoms with E-state index in [1.807, 2.05) is 46.0 Å². The summed E-state index contributed by atoms with van der Waals surface area (Å²) in [4.78, 5) is 39.6. The van der Waals surface area contributed by atoms with Crippen molar-refractivity contribution in [3.05, 3.63) is 47.0 Å². The Kier molecular flexibility index (Phi) is 16.8. The summed E-state index contributed by atoms with van der Waals surface area (Å²) in [6.07, 6.45) is 6.59. The van der Waals surface area contributed by atoms with Crippen LogP contribution in [0.4, 0.5) is 5.82 Å². The highest BCUT2D eigenvalue weighted by molar-refractivity contribution is 9.10. The third kappa shape index (κ3) is 11.2. The fraction of sp³-hybridized carbons (Fsp3) is 0.417. The number of carbonyl (C=O) groups excluding carboxylic acids is 3. The number of benzene rings is 1. The largest absolute Gasteiger partial charge is 0.308 e. The van der Waals surface area contributed by atoms with Crippen LogP contribution in [0.25, 0.3) is 10.9 Å². The van der Waals surface area contributed by atoms with Crippen LogP contribution >= 0.6 is 15.9 Å². The van der Waals surface area contributed by atoms with Gasteiger partial charge in [-0.3, -0.25) is 19.8 Å². The summed E-state index contributed by atoms with van der Waals surface area (Å²) in [5.74, 6) is 0.479. The Morgan fingerprint density at radius 1 is 1.18 bits per heavy atom. The third-order valence-electron chi connectivity index (χ3n) is 4.33. The molecular formula is C24H35BrN6O3. The van der Waals surface area contributed by atoms with E-state index in [1.54, 1.807) is 6.20 Å². The number of nitrogens with zero attached hydrogens (tertiary/aromatic N) is 4. The average molecular weight is 535 g/mol. The zero-order valence-corrected chi connectivity index (χ0v) is 22.3. The van der Waals surface area contributed by atoms with Crippen LogP contribution in [0, 0.1) is 6.92 Å². The molecule has 1 unspecified atom stereocenters. The van der Waals surface area contributed by atoms with Crippen molar-refractivity contribution in [2.45, 2.75) is 53.5 Å². The van der Waals surface area contributed by atoms with E-state index in [9.17, 15) is 4.79 Å². The molecule has 1 atom stereocenters. The van der Waals surface area contributed by atoms with Crippen LogP contribution in [0.3, 0.4) is 0 Å². The minimum absolute atomic E-state index is 0.00704. The van der Waals surface area contributed by atoms with Gasteiger partial charge in [0.1, 0.15) is 17.2 Å². The number of rotatable bonds is 2. The second kappa shape index (κ2) is 18.4.